The number of unbranched alkanes of at least 4 members (excludes halogenated alkanes) is 1. The molecule has 2 atom stereocenters. The highest BCUT2D eigenvalue weighted by Gasteiger charge is 2.46. The average Bonchev–Trinajstić information content (AvgIpc) is 3.18. The SMILES string of the molecule is O=C(O)CCCCNC(=O)C1CC1c1c(F)cccc1F. The Morgan fingerprint density at radius 1 is 1.24 bits per heavy atom. The summed E-state index contributed by atoms with van der Waals surface area (Å²) in [5.74, 6) is -3.11. The van der Waals surface area contributed by atoms with Crippen LogP contribution >= 0.6 is 0 Å². The van der Waals surface area contributed by atoms with E-state index in [2.05, 4.69) is 5.32 Å². The minimum Gasteiger partial charge on any atom is -0.481 e. The molecule has 2 rings (SSSR count). The average molecular weight is 297 g/mol. The van der Waals surface area contributed by atoms with Crippen molar-refractivity contribution in [1.82, 2.24) is 5.32 Å². The second kappa shape index (κ2) is 6.65. The van der Waals surface area contributed by atoms with Gasteiger partial charge in [0.05, 0.1) is 0 Å². The molecule has 1 aliphatic rings. The monoisotopic (exact) mass is 297 g/mol. The number of hydrogen-bond acceptors (Lipinski definition) is 2. The summed E-state index contributed by atoms with van der Waals surface area (Å²) < 4.78 is 27.2. The smallest absolute Gasteiger partial charge is 0.303 e. The lowest BCUT2D eigenvalue weighted by molar-refractivity contribution is -0.137. The van der Waals surface area contributed by atoms with Gasteiger partial charge in [0.1, 0.15) is 11.6 Å². The highest BCUT2D eigenvalue weighted by Crippen LogP contribution is 2.49. The number of hydrogen-bond donors (Lipinski definition) is 2. The van der Waals surface area contributed by atoms with Gasteiger partial charge in [-0.15, -0.1) is 0 Å². The van der Waals surface area contributed by atoms with Gasteiger partial charge in [-0.3, -0.25) is 9.59 Å². The Balaban J connectivity index is 1.78. The molecule has 1 saturated carbocycles. The maximum Gasteiger partial charge on any atom is 0.303 e. The summed E-state index contributed by atoms with van der Waals surface area (Å²) >= 11 is 0. The number of carbonyl (C=O) groups excluding carboxylic acids is 1. The predicted molar refractivity (Wildman–Crippen MR) is 71.7 cm³/mol. The van der Waals surface area contributed by atoms with Crippen LogP contribution in [-0.4, -0.2) is 23.5 Å². The molecule has 2 unspecified atom stereocenters. The molecule has 6 heteroatoms. The molecule has 0 aromatic heterocycles. The third-order valence-electron chi connectivity index (χ3n) is 3.61. The lowest BCUT2D eigenvalue weighted by atomic mass is 10.1. The van der Waals surface area contributed by atoms with Crippen LogP contribution < -0.4 is 5.32 Å². The number of carboxylic acid groups (broad SMARTS) is 1. The summed E-state index contributed by atoms with van der Waals surface area (Å²) in [5.41, 5.74) is -0.0106. The molecule has 0 spiro atoms. The molecule has 0 saturated heterocycles. The standard InChI is InChI=1S/C15H17F2NO3/c16-11-4-3-5-12(17)14(11)9-8-10(9)15(21)18-7-2-1-6-13(19)20/h3-5,9-10H,1-2,6-8H2,(H,18,21)(H,19,20). The minimum atomic E-state index is -0.862. The van der Waals surface area contributed by atoms with E-state index in [9.17, 15) is 18.4 Å². The summed E-state index contributed by atoms with van der Waals surface area (Å²) in [7, 11) is 0. The third kappa shape index (κ3) is 4.00. The Morgan fingerprint density at radius 2 is 1.90 bits per heavy atom. The molecule has 0 heterocycles. The van der Waals surface area contributed by atoms with Gasteiger partial charge < -0.3 is 10.4 Å². The highest BCUT2D eigenvalue weighted by molar-refractivity contribution is 5.82. The Hall–Kier alpha value is -1.98. The second-order valence-corrected chi connectivity index (χ2v) is 5.23. The van der Waals surface area contributed by atoms with Crippen LogP contribution in [0.1, 0.15) is 37.2 Å². The van der Waals surface area contributed by atoms with Gasteiger partial charge in [0.25, 0.3) is 0 Å². The van der Waals surface area contributed by atoms with Crippen molar-refractivity contribution in [1.29, 1.82) is 0 Å². The van der Waals surface area contributed by atoms with E-state index in [1.807, 2.05) is 0 Å². The molecule has 1 aromatic rings. The highest BCUT2D eigenvalue weighted by atomic mass is 19.1. The Kier molecular flexibility index (Phi) is 4.88. The van der Waals surface area contributed by atoms with Crippen LogP contribution in [0.15, 0.2) is 18.2 Å². The number of carbonyl (C=O) groups is 2. The first-order chi connectivity index (χ1) is 10.0. The number of aliphatic carboxylic acids is 1. The van der Waals surface area contributed by atoms with Crippen LogP contribution in [0.5, 0.6) is 0 Å². The molecule has 114 valence electrons. The zero-order valence-electron chi connectivity index (χ0n) is 11.4. The Morgan fingerprint density at radius 3 is 2.52 bits per heavy atom. The maximum atomic E-state index is 13.6. The van der Waals surface area contributed by atoms with Gasteiger partial charge in [-0.25, -0.2) is 8.78 Å². The number of amides is 1. The van der Waals surface area contributed by atoms with Gasteiger partial charge in [0, 0.05) is 30.4 Å². The number of nitrogens with one attached hydrogen (secondary N) is 1. The van der Waals surface area contributed by atoms with E-state index in [1.165, 1.54) is 18.2 Å². The van der Waals surface area contributed by atoms with Crippen molar-refractivity contribution in [2.75, 3.05) is 6.54 Å². The molecule has 2 N–H and O–H groups in total. The lowest BCUT2D eigenvalue weighted by Gasteiger charge is -2.06. The molecule has 1 fully saturated rings. The quantitative estimate of drug-likeness (QED) is 0.760. The molecular formula is C15H17F2NO3. The molecule has 0 radical (unpaired) electrons. The van der Waals surface area contributed by atoms with Crippen molar-refractivity contribution in [3.63, 3.8) is 0 Å². The molecule has 0 aliphatic heterocycles. The number of rotatable bonds is 7. The van der Waals surface area contributed by atoms with E-state index >= 15 is 0 Å². The zero-order chi connectivity index (χ0) is 15.4. The summed E-state index contributed by atoms with van der Waals surface area (Å²) in [5, 5.41) is 11.2. The van der Waals surface area contributed by atoms with Crippen LogP contribution in [0.2, 0.25) is 0 Å². The molecule has 1 aliphatic carbocycles. The van der Waals surface area contributed by atoms with Gasteiger partial charge >= 0.3 is 5.97 Å². The lowest BCUT2D eigenvalue weighted by Crippen LogP contribution is -2.26. The number of benzene rings is 1. The fourth-order valence-corrected chi connectivity index (χ4v) is 2.41. The first-order valence-electron chi connectivity index (χ1n) is 6.94. The molecule has 1 aromatic carbocycles. The third-order valence-corrected chi connectivity index (χ3v) is 3.61. The van der Waals surface area contributed by atoms with E-state index in [0.717, 1.165) is 0 Å². The van der Waals surface area contributed by atoms with Gasteiger partial charge in [0.2, 0.25) is 5.91 Å². The summed E-state index contributed by atoms with van der Waals surface area (Å²) in [6.07, 6.45) is 1.58. The number of halogens is 2. The van der Waals surface area contributed by atoms with E-state index in [4.69, 9.17) is 5.11 Å². The van der Waals surface area contributed by atoms with Gasteiger partial charge in [0.15, 0.2) is 0 Å². The van der Waals surface area contributed by atoms with Gasteiger partial charge in [-0.05, 0) is 31.4 Å². The van der Waals surface area contributed by atoms with Crippen LogP contribution in [-0.2, 0) is 9.59 Å². The van der Waals surface area contributed by atoms with Gasteiger partial charge in [-0.1, -0.05) is 6.07 Å². The topological polar surface area (TPSA) is 66.4 Å². The summed E-state index contributed by atoms with van der Waals surface area (Å²) in [6.45, 7) is 0.384. The normalized spacial score (nSPS) is 20.1. The fraction of sp³-hybridized carbons (Fsp3) is 0.467. The summed E-state index contributed by atoms with van der Waals surface area (Å²) in [6, 6.07) is 3.68. The zero-order valence-corrected chi connectivity index (χ0v) is 11.4. The van der Waals surface area contributed by atoms with Gasteiger partial charge in [-0.2, -0.15) is 0 Å². The first kappa shape index (κ1) is 15.4. The van der Waals surface area contributed by atoms with E-state index in [1.54, 1.807) is 0 Å². The predicted octanol–water partition coefficient (Wildman–Crippen LogP) is 2.44. The van der Waals surface area contributed by atoms with Crippen molar-refractivity contribution in [3.05, 3.63) is 35.4 Å². The van der Waals surface area contributed by atoms with Crippen LogP contribution in [0.25, 0.3) is 0 Å². The van der Waals surface area contributed by atoms with E-state index in [0.29, 0.717) is 25.8 Å². The Labute approximate surface area is 121 Å². The van der Waals surface area contributed by atoms with Crippen LogP contribution in [0.3, 0.4) is 0 Å². The van der Waals surface area contributed by atoms with Crippen molar-refractivity contribution in [3.8, 4) is 0 Å². The summed E-state index contributed by atoms with van der Waals surface area (Å²) in [4.78, 5) is 22.2. The molecule has 0 bridgehead atoms. The number of carboxylic acids is 1. The minimum absolute atomic E-state index is 0.0106. The molecule has 4 nitrogen and oxygen atoms in total. The molecular weight excluding hydrogens is 280 g/mol. The second-order valence-electron chi connectivity index (χ2n) is 5.23. The van der Waals surface area contributed by atoms with Crippen molar-refractivity contribution in [2.45, 2.75) is 31.6 Å². The molecule has 1 amide bonds. The van der Waals surface area contributed by atoms with Crippen molar-refractivity contribution >= 4 is 11.9 Å². The fourth-order valence-electron chi connectivity index (χ4n) is 2.41. The van der Waals surface area contributed by atoms with E-state index < -0.39 is 29.4 Å². The van der Waals surface area contributed by atoms with E-state index in [-0.39, 0.29) is 17.9 Å². The van der Waals surface area contributed by atoms with Crippen molar-refractivity contribution in [2.24, 2.45) is 5.92 Å². The molecule has 21 heavy (non-hydrogen) atoms. The van der Waals surface area contributed by atoms with Crippen LogP contribution in [0, 0.1) is 17.6 Å². The maximum absolute atomic E-state index is 13.6. The largest absolute Gasteiger partial charge is 0.481 e. The van der Waals surface area contributed by atoms with Crippen LogP contribution in [0.4, 0.5) is 8.78 Å². The Bertz CT molecular complexity index is 527. The van der Waals surface area contributed by atoms with Crippen molar-refractivity contribution < 1.29 is 23.5 Å². The first-order valence-corrected chi connectivity index (χ1v) is 6.94.